The zero-order valence-electron chi connectivity index (χ0n) is 5.70. The molecule has 56 valence electrons. The van der Waals surface area contributed by atoms with Crippen molar-refractivity contribution in [1.82, 2.24) is 0 Å². The number of rotatable bonds is 2. The molecule has 0 unspecified atom stereocenters. The second kappa shape index (κ2) is 3.88. The van der Waals surface area contributed by atoms with Crippen LogP contribution in [0.1, 0.15) is 5.56 Å². The smallest absolute Gasteiger partial charge is 0.0720 e. The van der Waals surface area contributed by atoms with Gasteiger partial charge < -0.3 is 0 Å². The summed E-state index contributed by atoms with van der Waals surface area (Å²) < 4.78 is 0. The number of hydrogen-bond acceptors (Lipinski definition) is 2. The molecule has 0 amide bonds. The van der Waals surface area contributed by atoms with Crippen molar-refractivity contribution in [2.24, 2.45) is 5.18 Å². The molecule has 0 N–H and O–H groups in total. The first kappa shape index (κ1) is 7.95. The highest BCUT2D eigenvalue weighted by molar-refractivity contribution is 6.30. The molecule has 0 heterocycles. The second-order valence-corrected chi connectivity index (χ2v) is 2.41. The van der Waals surface area contributed by atoms with Crippen molar-refractivity contribution in [3.63, 3.8) is 0 Å². The minimum Gasteiger partial charge on any atom is -0.145 e. The highest BCUT2D eigenvalue weighted by atomic mass is 35.5. The molecule has 2 nitrogen and oxygen atoms in total. The van der Waals surface area contributed by atoms with E-state index in [2.05, 4.69) is 5.18 Å². The summed E-state index contributed by atoms with van der Waals surface area (Å²) >= 11 is 5.68. The largest absolute Gasteiger partial charge is 0.145 e. The van der Waals surface area contributed by atoms with E-state index in [0.29, 0.717) is 5.02 Å². The maximum absolute atomic E-state index is 9.69. The predicted molar refractivity (Wildman–Crippen MR) is 46.3 cm³/mol. The molecule has 1 aromatic rings. The lowest BCUT2D eigenvalue weighted by Crippen LogP contribution is -1.69. The Balaban J connectivity index is 2.87. The number of halogens is 1. The Hall–Kier alpha value is -1.15. The third-order valence-electron chi connectivity index (χ3n) is 1.18. The van der Waals surface area contributed by atoms with Gasteiger partial charge in [-0.25, -0.2) is 0 Å². The average molecular weight is 168 g/mol. The molecule has 3 heteroatoms. The summed E-state index contributed by atoms with van der Waals surface area (Å²) in [5, 5.41) is 3.24. The van der Waals surface area contributed by atoms with E-state index in [-0.39, 0.29) is 0 Å². The van der Waals surface area contributed by atoms with Crippen molar-refractivity contribution in [3.8, 4) is 0 Å². The molecule has 0 aliphatic carbocycles. The first-order valence-electron chi connectivity index (χ1n) is 3.07. The topological polar surface area (TPSA) is 29.4 Å². The number of benzene rings is 1. The average Bonchev–Trinajstić information content (AvgIpc) is 2.01. The summed E-state index contributed by atoms with van der Waals surface area (Å²) in [7, 11) is 0. The highest BCUT2D eigenvalue weighted by Gasteiger charge is 1.87. The quantitative estimate of drug-likeness (QED) is 0.623. The van der Waals surface area contributed by atoms with Crippen LogP contribution in [0.25, 0.3) is 6.08 Å². The summed E-state index contributed by atoms with van der Waals surface area (Å²) in [5.74, 6) is 0. The molecule has 0 aromatic heterocycles. The molecule has 0 saturated carbocycles. The van der Waals surface area contributed by atoms with Gasteiger partial charge >= 0.3 is 0 Å². The van der Waals surface area contributed by atoms with E-state index in [4.69, 9.17) is 11.6 Å². The maximum atomic E-state index is 9.69. The standard InChI is InChI=1S/C8H6ClNO/c9-8-3-1-2-7(6-8)4-5-10-11/h1-6H/b5-4+. The van der Waals surface area contributed by atoms with Crippen molar-refractivity contribution >= 4 is 17.7 Å². The second-order valence-electron chi connectivity index (χ2n) is 1.98. The normalized spacial score (nSPS) is 10.3. The lowest BCUT2D eigenvalue weighted by molar-refractivity contribution is 1.55. The molecule has 0 radical (unpaired) electrons. The van der Waals surface area contributed by atoms with E-state index < -0.39 is 0 Å². The van der Waals surface area contributed by atoms with Crippen LogP contribution in [0.2, 0.25) is 5.02 Å². The SMILES string of the molecule is O=N/C=C/c1cccc(Cl)c1. The van der Waals surface area contributed by atoms with Gasteiger partial charge in [0, 0.05) is 5.02 Å². The van der Waals surface area contributed by atoms with Gasteiger partial charge in [0.15, 0.2) is 0 Å². The Morgan fingerprint density at radius 1 is 1.45 bits per heavy atom. The van der Waals surface area contributed by atoms with E-state index >= 15 is 0 Å². The lowest BCUT2D eigenvalue weighted by Gasteiger charge is -1.91. The molecular formula is C8H6ClNO. The monoisotopic (exact) mass is 167 g/mol. The van der Waals surface area contributed by atoms with Crippen LogP contribution in [0.3, 0.4) is 0 Å². The van der Waals surface area contributed by atoms with E-state index in [1.807, 2.05) is 12.1 Å². The summed E-state index contributed by atoms with van der Waals surface area (Å²) in [6.45, 7) is 0. The minimum atomic E-state index is 0.651. The van der Waals surface area contributed by atoms with Gasteiger partial charge in [0.25, 0.3) is 0 Å². The van der Waals surface area contributed by atoms with Gasteiger partial charge in [-0.1, -0.05) is 23.7 Å². The van der Waals surface area contributed by atoms with E-state index in [9.17, 15) is 4.91 Å². The van der Waals surface area contributed by atoms with Crippen LogP contribution in [0.5, 0.6) is 0 Å². The van der Waals surface area contributed by atoms with Gasteiger partial charge in [-0.3, -0.25) is 0 Å². The van der Waals surface area contributed by atoms with Crippen LogP contribution in [-0.2, 0) is 0 Å². The summed E-state index contributed by atoms with van der Waals surface area (Å²) in [6.07, 6.45) is 2.78. The zero-order valence-corrected chi connectivity index (χ0v) is 6.45. The van der Waals surface area contributed by atoms with Crippen molar-refractivity contribution in [2.45, 2.75) is 0 Å². The maximum Gasteiger partial charge on any atom is 0.0720 e. The number of nitroso groups, excluding NO2 is 1. The van der Waals surface area contributed by atoms with Gasteiger partial charge in [0.2, 0.25) is 0 Å². The fraction of sp³-hybridized carbons (Fsp3) is 0. The summed E-state index contributed by atoms with van der Waals surface area (Å²) in [6, 6.07) is 7.18. The Morgan fingerprint density at radius 2 is 2.27 bits per heavy atom. The van der Waals surface area contributed by atoms with Gasteiger partial charge in [-0.2, -0.15) is 0 Å². The minimum absolute atomic E-state index is 0.651. The van der Waals surface area contributed by atoms with E-state index in [1.165, 1.54) is 6.20 Å². The van der Waals surface area contributed by atoms with Crippen LogP contribution >= 0.6 is 11.6 Å². The fourth-order valence-corrected chi connectivity index (χ4v) is 0.925. The molecule has 0 aliphatic rings. The van der Waals surface area contributed by atoms with Gasteiger partial charge in [0.1, 0.15) is 0 Å². The van der Waals surface area contributed by atoms with Gasteiger partial charge in [-0.05, 0) is 28.9 Å². The highest BCUT2D eigenvalue weighted by Crippen LogP contribution is 2.11. The predicted octanol–water partition coefficient (Wildman–Crippen LogP) is 3.08. The molecule has 11 heavy (non-hydrogen) atoms. The number of hydrogen-bond donors (Lipinski definition) is 0. The van der Waals surface area contributed by atoms with Crippen molar-refractivity contribution in [2.75, 3.05) is 0 Å². The Labute approximate surface area is 69.5 Å². The Bertz CT molecular complexity index is 283. The molecule has 0 atom stereocenters. The van der Waals surface area contributed by atoms with E-state index in [0.717, 1.165) is 5.56 Å². The molecule has 1 rings (SSSR count). The molecule has 0 saturated heterocycles. The third-order valence-corrected chi connectivity index (χ3v) is 1.41. The lowest BCUT2D eigenvalue weighted by atomic mass is 10.2. The van der Waals surface area contributed by atoms with Crippen molar-refractivity contribution in [1.29, 1.82) is 0 Å². The van der Waals surface area contributed by atoms with E-state index in [1.54, 1.807) is 18.2 Å². The van der Waals surface area contributed by atoms with Crippen LogP contribution in [-0.4, -0.2) is 0 Å². The van der Waals surface area contributed by atoms with Crippen molar-refractivity contribution in [3.05, 3.63) is 46.0 Å². The number of nitrogens with zero attached hydrogens (tertiary/aromatic N) is 1. The Morgan fingerprint density at radius 3 is 2.91 bits per heavy atom. The van der Waals surface area contributed by atoms with Gasteiger partial charge in [0.05, 0.1) is 6.20 Å². The van der Waals surface area contributed by atoms with Crippen LogP contribution in [0, 0.1) is 4.91 Å². The third kappa shape index (κ3) is 2.51. The molecule has 0 fully saturated rings. The van der Waals surface area contributed by atoms with Crippen LogP contribution < -0.4 is 0 Å². The van der Waals surface area contributed by atoms with Crippen molar-refractivity contribution < 1.29 is 0 Å². The van der Waals surface area contributed by atoms with Crippen LogP contribution in [0.4, 0.5) is 0 Å². The summed E-state index contributed by atoms with van der Waals surface area (Å²) in [5.41, 5.74) is 0.872. The zero-order chi connectivity index (χ0) is 8.10. The Kier molecular flexibility index (Phi) is 2.81. The molecule has 1 aromatic carbocycles. The fourth-order valence-electron chi connectivity index (χ4n) is 0.727. The molecule has 0 spiro atoms. The van der Waals surface area contributed by atoms with Crippen LogP contribution in [0.15, 0.2) is 35.6 Å². The molecule has 0 aliphatic heterocycles. The van der Waals surface area contributed by atoms with Gasteiger partial charge in [-0.15, -0.1) is 4.91 Å². The first-order chi connectivity index (χ1) is 5.33. The molecule has 0 bridgehead atoms. The summed E-state index contributed by atoms with van der Waals surface area (Å²) in [4.78, 5) is 9.69. The first-order valence-corrected chi connectivity index (χ1v) is 3.45. The molecular weight excluding hydrogens is 162 g/mol.